The number of anilines is 1. The molecule has 0 unspecified atom stereocenters. The second-order valence-corrected chi connectivity index (χ2v) is 4.89. The van der Waals surface area contributed by atoms with Crippen molar-refractivity contribution in [2.24, 2.45) is 5.73 Å². The van der Waals surface area contributed by atoms with Crippen LogP contribution >= 0.6 is 0 Å². The zero-order valence-electron chi connectivity index (χ0n) is 11.4. The van der Waals surface area contributed by atoms with Crippen molar-refractivity contribution in [2.75, 3.05) is 31.1 Å². The van der Waals surface area contributed by atoms with E-state index in [1.807, 2.05) is 12.1 Å². The lowest BCUT2D eigenvalue weighted by Crippen LogP contribution is -2.46. The van der Waals surface area contributed by atoms with E-state index in [-0.39, 0.29) is 0 Å². The van der Waals surface area contributed by atoms with Crippen LogP contribution in [0.1, 0.15) is 11.3 Å². The van der Waals surface area contributed by atoms with Gasteiger partial charge in [-0.25, -0.2) is 9.97 Å². The van der Waals surface area contributed by atoms with Gasteiger partial charge in [0.25, 0.3) is 0 Å². The van der Waals surface area contributed by atoms with Gasteiger partial charge in [0.2, 0.25) is 5.95 Å². The van der Waals surface area contributed by atoms with E-state index < -0.39 is 0 Å². The van der Waals surface area contributed by atoms with Crippen LogP contribution in [0.3, 0.4) is 0 Å². The molecule has 0 radical (unpaired) electrons. The van der Waals surface area contributed by atoms with Gasteiger partial charge in [-0.3, -0.25) is 4.90 Å². The first kappa shape index (κ1) is 13.1. The second kappa shape index (κ2) is 6.02. The number of hydrogen-bond donors (Lipinski definition) is 1. The first-order valence-corrected chi connectivity index (χ1v) is 6.86. The summed E-state index contributed by atoms with van der Waals surface area (Å²) in [4.78, 5) is 13.2. The average Bonchev–Trinajstić information content (AvgIpc) is 2.96. The molecule has 2 aromatic heterocycles. The molecule has 1 saturated heterocycles. The number of nitrogens with two attached hydrogens (primary N) is 1. The van der Waals surface area contributed by atoms with Crippen molar-refractivity contribution in [3.63, 3.8) is 0 Å². The fraction of sp³-hybridized carbons (Fsp3) is 0.429. The van der Waals surface area contributed by atoms with E-state index in [2.05, 4.69) is 19.8 Å². The summed E-state index contributed by atoms with van der Waals surface area (Å²) < 4.78 is 5.51. The van der Waals surface area contributed by atoms with Crippen molar-refractivity contribution in [3.05, 3.63) is 42.1 Å². The summed E-state index contributed by atoms with van der Waals surface area (Å²) in [5.74, 6) is 1.80. The molecule has 0 atom stereocenters. The summed E-state index contributed by atoms with van der Waals surface area (Å²) in [6.07, 6.45) is 5.28. The highest BCUT2D eigenvalue weighted by atomic mass is 16.3. The minimum atomic E-state index is 0.531. The van der Waals surface area contributed by atoms with Gasteiger partial charge in [0.05, 0.1) is 12.8 Å². The summed E-state index contributed by atoms with van der Waals surface area (Å²) in [7, 11) is 0. The van der Waals surface area contributed by atoms with Gasteiger partial charge < -0.3 is 15.1 Å². The third-order valence-electron chi connectivity index (χ3n) is 3.63. The number of hydrogen-bond acceptors (Lipinski definition) is 6. The Labute approximate surface area is 118 Å². The number of aromatic nitrogens is 2. The summed E-state index contributed by atoms with van der Waals surface area (Å²) in [5, 5.41) is 0. The van der Waals surface area contributed by atoms with Crippen molar-refractivity contribution in [1.82, 2.24) is 14.9 Å². The quantitative estimate of drug-likeness (QED) is 0.890. The van der Waals surface area contributed by atoms with Crippen LogP contribution in [0.5, 0.6) is 0 Å². The SMILES string of the molecule is NCc1ccoc1CN1CCN(c2ncccn2)CC1. The highest BCUT2D eigenvalue weighted by Gasteiger charge is 2.20. The van der Waals surface area contributed by atoms with Gasteiger partial charge in [0.1, 0.15) is 5.76 Å². The molecular formula is C14H19N5O. The molecule has 0 saturated carbocycles. The van der Waals surface area contributed by atoms with Crippen molar-refractivity contribution in [2.45, 2.75) is 13.1 Å². The number of furan rings is 1. The highest BCUT2D eigenvalue weighted by molar-refractivity contribution is 5.29. The van der Waals surface area contributed by atoms with Gasteiger partial charge >= 0.3 is 0 Å². The first-order chi connectivity index (χ1) is 9.86. The van der Waals surface area contributed by atoms with Crippen molar-refractivity contribution < 1.29 is 4.42 Å². The Hall–Kier alpha value is -1.92. The fourth-order valence-electron chi connectivity index (χ4n) is 2.45. The van der Waals surface area contributed by atoms with Crippen LogP contribution in [0, 0.1) is 0 Å². The predicted octanol–water partition coefficient (Wildman–Crippen LogP) is 0.850. The summed E-state index contributed by atoms with van der Waals surface area (Å²) in [5.41, 5.74) is 6.79. The van der Waals surface area contributed by atoms with Crippen LogP contribution < -0.4 is 10.6 Å². The molecule has 6 nitrogen and oxygen atoms in total. The zero-order chi connectivity index (χ0) is 13.8. The van der Waals surface area contributed by atoms with Crippen molar-refractivity contribution >= 4 is 5.95 Å². The van der Waals surface area contributed by atoms with Crippen LogP contribution in [0.4, 0.5) is 5.95 Å². The first-order valence-electron chi connectivity index (χ1n) is 6.86. The van der Waals surface area contributed by atoms with Crippen LogP contribution in [0.15, 0.2) is 35.2 Å². The Morgan fingerprint density at radius 1 is 1.15 bits per heavy atom. The second-order valence-electron chi connectivity index (χ2n) is 4.89. The van der Waals surface area contributed by atoms with Crippen molar-refractivity contribution in [3.8, 4) is 0 Å². The Morgan fingerprint density at radius 2 is 1.90 bits per heavy atom. The molecule has 106 valence electrons. The molecule has 0 aliphatic carbocycles. The van der Waals surface area contributed by atoms with Crippen LogP contribution in [-0.4, -0.2) is 41.0 Å². The lowest BCUT2D eigenvalue weighted by molar-refractivity contribution is 0.228. The van der Waals surface area contributed by atoms with Gasteiger partial charge in [-0.05, 0) is 12.1 Å². The topological polar surface area (TPSA) is 71.4 Å². The van der Waals surface area contributed by atoms with E-state index in [0.717, 1.165) is 50.0 Å². The molecule has 0 spiro atoms. The standard InChI is InChI=1S/C14H19N5O/c15-10-12-2-9-20-13(12)11-18-5-7-19(8-6-18)14-16-3-1-4-17-14/h1-4,9H,5-8,10-11,15H2. The third kappa shape index (κ3) is 2.81. The normalized spacial score (nSPS) is 16.6. The van der Waals surface area contributed by atoms with Crippen molar-refractivity contribution in [1.29, 1.82) is 0 Å². The number of nitrogens with zero attached hydrogens (tertiary/aromatic N) is 4. The van der Waals surface area contributed by atoms with Gasteiger partial charge in [-0.2, -0.15) is 0 Å². The van der Waals surface area contributed by atoms with E-state index in [0.29, 0.717) is 6.54 Å². The molecule has 3 heterocycles. The van der Waals surface area contributed by atoms with Gasteiger partial charge in [-0.15, -0.1) is 0 Å². The highest BCUT2D eigenvalue weighted by Crippen LogP contribution is 2.15. The molecular weight excluding hydrogens is 254 g/mol. The molecule has 2 aromatic rings. The monoisotopic (exact) mass is 273 g/mol. The summed E-state index contributed by atoms with van der Waals surface area (Å²) in [6, 6.07) is 3.79. The van der Waals surface area contributed by atoms with Gasteiger partial charge in [0, 0.05) is 50.7 Å². The Kier molecular flexibility index (Phi) is 3.94. The van der Waals surface area contributed by atoms with Crippen LogP contribution in [0.25, 0.3) is 0 Å². The lowest BCUT2D eigenvalue weighted by Gasteiger charge is -2.34. The van der Waals surface area contributed by atoms with E-state index >= 15 is 0 Å². The predicted molar refractivity (Wildman–Crippen MR) is 76.1 cm³/mol. The lowest BCUT2D eigenvalue weighted by atomic mass is 10.2. The Morgan fingerprint density at radius 3 is 2.60 bits per heavy atom. The zero-order valence-corrected chi connectivity index (χ0v) is 11.4. The van der Waals surface area contributed by atoms with E-state index in [1.165, 1.54) is 0 Å². The minimum Gasteiger partial charge on any atom is -0.468 e. The minimum absolute atomic E-state index is 0.531. The Bertz CT molecular complexity index is 534. The molecule has 2 N–H and O–H groups in total. The maximum atomic E-state index is 5.69. The molecule has 6 heteroatoms. The van der Waals surface area contributed by atoms with Crippen LogP contribution in [-0.2, 0) is 13.1 Å². The summed E-state index contributed by atoms with van der Waals surface area (Å²) >= 11 is 0. The smallest absolute Gasteiger partial charge is 0.225 e. The molecule has 1 aliphatic rings. The fourth-order valence-corrected chi connectivity index (χ4v) is 2.45. The van der Waals surface area contributed by atoms with Crippen LogP contribution in [0.2, 0.25) is 0 Å². The van der Waals surface area contributed by atoms with Gasteiger partial charge in [-0.1, -0.05) is 0 Å². The molecule has 1 aliphatic heterocycles. The molecule has 3 rings (SSSR count). The largest absolute Gasteiger partial charge is 0.468 e. The Balaban J connectivity index is 1.56. The third-order valence-corrected chi connectivity index (χ3v) is 3.63. The van der Waals surface area contributed by atoms with Gasteiger partial charge in [0.15, 0.2) is 0 Å². The number of rotatable bonds is 4. The average molecular weight is 273 g/mol. The maximum absolute atomic E-state index is 5.69. The molecule has 1 fully saturated rings. The number of piperazine rings is 1. The summed E-state index contributed by atoms with van der Waals surface area (Å²) in [6.45, 7) is 5.17. The molecule has 0 amide bonds. The maximum Gasteiger partial charge on any atom is 0.225 e. The molecule has 0 aromatic carbocycles. The van der Waals surface area contributed by atoms with E-state index in [9.17, 15) is 0 Å². The molecule has 0 bridgehead atoms. The molecule has 20 heavy (non-hydrogen) atoms. The van der Waals surface area contributed by atoms with E-state index in [4.69, 9.17) is 10.2 Å². The van der Waals surface area contributed by atoms with E-state index in [1.54, 1.807) is 18.7 Å².